The highest BCUT2D eigenvalue weighted by Gasteiger charge is 2.20. The van der Waals surface area contributed by atoms with Gasteiger partial charge < -0.3 is 15.7 Å². The normalized spacial score (nSPS) is 10.6. The first-order valence-electron chi connectivity index (χ1n) is 9.13. The number of nitrogens with zero attached hydrogens (tertiary/aromatic N) is 2. The van der Waals surface area contributed by atoms with Crippen molar-refractivity contribution in [2.24, 2.45) is 0 Å². The van der Waals surface area contributed by atoms with Gasteiger partial charge in [0, 0.05) is 18.7 Å². The number of hydrogen-bond acceptors (Lipinski definition) is 4. The molecule has 0 saturated heterocycles. The van der Waals surface area contributed by atoms with E-state index in [1.165, 1.54) is 16.8 Å². The molecule has 3 aromatic rings. The molecule has 2 aromatic carbocycles. The average molecular weight is 413 g/mol. The second-order valence-electron chi connectivity index (χ2n) is 6.41. The number of amides is 2. The maximum absolute atomic E-state index is 12.5. The van der Waals surface area contributed by atoms with Gasteiger partial charge >= 0.3 is 0 Å². The lowest BCUT2D eigenvalue weighted by Gasteiger charge is -2.07. The van der Waals surface area contributed by atoms with Crippen LogP contribution in [0.3, 0.4) is 0 Å². The number of carbonyl (C=O) groups is 2. The number of carbonyl (C=O) groups excluding carboxylic acids is 2. The molecule has 0 aliphatic carbocycles. The largest absolute Gasteiger partial charge is 0.508 e. The van der Waals surface area contributed by atoms with E-state index in [1.54, 1.807) is 19.1 Å². The van der Waals surface area contributed by atoms with Gasteiger partial charge in [-0.3, -0.25) is 9.59 Å². The molecule has 2 amide bonds. The number of benzene rings is 2. The Kier molecular flexibility index (Phi) is 6.51. The van der Waals surface area contributed by atoms with Crippen LogP contribution < -0.4 is 10.6 Å². The van der Waals surface area contributed by atoms with E-state index in [0.717, 1.165) is 5.69 Å². The molecule has 1 heterocycles. The van der Waals surface area contributed by atoms with E-state index in [2.05, 4.69) is 15.7 Å². The van der Waals surface area contributed by atoms with Crippen molar-refractivity contribution in [3.05, 3.63) is 76.6 Å². The molecular weight excluding hydrogens is 392 g/mol. The number of hydrogen-bond donors (Lipinski definition) is 3. The number of nitrogens with one attached hydrogen (secondary N) is 2. The van der Waals surface area contributed by atoms with Crippen molar-refractivity contribution >= 4 is 23.4 Å². The van der Waals surface area contributed by atoms with Crippen LogP contribution in [0.25, 0.3) is 5.69 Å². The van der Waals surface area contributed by atoms with Gasteiger partial charge in [0.1, 0.15) is 10.9 Å². The first kappa shape index (κ1) is 20.4. The summed E-state index contributed by atoms with van der Waals surface area (Å²) in [6, 6.07) is 15.5. The van der Waals surface area contributed by atoms with Crippen LogP contribution in [-0.4, -0.2) is 39.8 Å². The van der Waals surface area contributed by atoms with Crippen molar-refractivity contribution in [2.75, 3.05) is 13.1 Å². The molecule has 0 fully saturated rings. The number of aromatic hydroxyl groups is 1. The first-order valence-corrected chi connectivity index (χ1v) is 9.51. The number of phenols is 1. The third-order valence-corrected chi connectivity index (χ3v) is 4.61. The second-order valence-corrected chi connectivity index (χ2v) is 6.77. The zero-order valence-electron chi connectivity index (χ0n) is 15.9. The Labute approximate surface area is 173 Å². The van der Waals surface area contributed by atoms with E-state index in [0.29, 0.717) is 36.3 Å². The zero-order valence-corrected chi connectivity index (χ0v) is 16.6. The maximum atomic E-state index is 12.5. The molecule has 0 aliphatic rings. The Morgan fingerprint density at radius 2 is 1.72 bits per heavy atom. The predicted molar refractivity (Wildman–Crippen MR) is 111 cm³/mol. The summed E-state index contributed by atoms with van der Waals surface area (Å²) in [5, 5.41) is 19.6. The molecule has 3 N–H and O–H groups in total. The lowest BCUT2D eigenvalue weighted by molar-refractivity contribution is 0.0951. The van der Waals surface area contributed by atoms with E-state index in [1.807, 2.05) is 30.3 Å². The standard InChI is InChI=1S/C21H21ClN4O3/c1-14-18(19(22)26(25-14)16-8-3-2-4-9-16)21(29)24-12-6-11-23-20(28)15-7-5-10-17(27)13-15/h2-5,7-10,13,27H,6,11-12H2,1H3,(H,23,28)(H,24,29). The fraction of sp³-hybridized carbons (Fsp3) is 0.190. The zero-order chi connectivity index (χ0) is 20.8. The minimum atomic E-state index is -0.311. The summed E-state index contributed by atoms with van der Waals surface area (Å²) in [5.74, 6) is -0.558. The van der Waals surface area contributed by atoms with Gasteiger partial charge in [0.25, 0.3) is 11.8 Å². The first-order chi connectivity index (χ1) is 14.0. The van der Waals surface area contributed by atoms with Gasteiger partial charge in [-0.05, 0) is 43.7 Å². The molecule has 3 rings (SSSR count). The van der Waals surface area contributed by atoms with Gasteiger partial charge in [-0.2, -0.15) is 5.10 Å². The summed E-state index contributed by atoms with van der Waals surface area (Å²) in [4.78, 5) is 24.5. The van der Waals surface area contributed by atoms with Crippen LogP contribution in [0.4, 0.5) is 0 Å². The van der Waals surface area contributed by atoms with E-state index < -0.39 is 0 Å². The van der Waals surface area contributed by atoms with Gasteiger partial charge in [0.2, 0.25) is 0 Å². The average Bonchev–Trinajstić information content (AvgIpc) is 3.02. The monoisotopic (exact) mass is 412 g/mol. The Morgan fingerprint density at radius 1 is 1.03 bits per heavy atom. The number of phenolic OH excluding ortho intramolecular Hbond substituents is 1. The Morgan fingerprint density at radius 3 is 2.41 bits per heavy atom. The third-order valence-electron chi connectivity index (χ3n) is 4.26. The highest BCUT2D eigenvalue weighted by molar-refractivity contribution is 6.33. The van der Waals surface area contributed by atoms with E-state index in [4.69, 9.17) is 11.6 Å². The molecular formula is C21H21ClN4O3. The van der Waals surface area contributed by atoms with Crippen LogP contribution in [-0.2, 0) is 0 Å². The minimum absolute atomic E-state index is 0.0354. The highest BCUT2D eigenvalue weighted by Crippen LogP contribution is 2.23. The van der Waals surface area contributed by atoms with Gasteiger partial charge in [-0.1, -0.05) is 35.9 Å². The molecule has 29 heavy (non-hydrogen) atoms. The summed E-state index contributed by atoms with van der Waals surface area (Å²) >= 11 is 6.38. The van der Waals surface area contributed by atoms with E-state index in [9.17, 15) is 14.7 Å². The number of rotatable bonds is 7. The molecule has 7 nitrogen and oxygen atoms in total. The van der Waals surface area contributed by atoms with Crippen molar-refractivity contribution in [1.29, 1.82) is 0 Å². The quantitative estimate of drug-likeness (QED) is 0.519. The smallest absolute Gasteiger partial charge is 0.256 e. The SMILES string of the molecule is Cc1nn(-c2ccccc2)c(Cl)c1C(=O)NCCCNC(=O)c1cccc(O)c1. The molecule has 1 aromatic heterocycles. The summed E-state index contributed by atoms with van der Waals surface area (Å²) in [6.45, 7) is 2.48. The van der Waals surface area contributed by atoms with Crippen molar-refractivity contribution in [3.8, 4) is 11.4 Å². The minimum Gasteiger partial charge on any atom is -0.508 e. The second kappa shape index (κ2) is 9.25. The van der Waals surface area contributed by atoms with Crippen LogP contribution in [0.5, 0.6) is 5.75 Å². The molecule has 0 radical (unpaired) electrons. The van der Waals surface area contributed by atoms with Crippen molar-refractivity contribution in [1.82, 2.24) is 20.4 Å². The summed E-state index contributed by atoms with van der Waals surface area (Å²) in [5.41, 5.74) is 2.02. The fourth-order valence-electron chi connectivity index (χ4n) is 2.83. The molecule has 0 bridgehead atoms. The molecule has 0 unspecified atom stereocenters. The summed E-state index contributed by atoms with van der Waals surface area (Å²) < 4.78 is 1.53. The van der Waals surface area contributed by atoms with Crippen molar-refractivity contribution in [3.63, 3.8) is 0 Å². The Hall–Kier alpha value is -3.32. The van der Waals surface area contributed by atoms with Gasteiger partial charge in [0.05, 0.1) is 16.9 Å². The lowest BCUT2D eigenvalue weighted by atomic mass is 10.2. The summed E-state index contributed by atoms with van der Waals surface area (Å²) in [7, 11) is 0. The maximum Gasteiger partial charge on any atom is 0.256 e. The van der Waals surface area contributed by atoms with Gasteiger partial charge in [0.15, 0.2) is 0 Å². The van der Waals surface area contributed by atoms with Crippen molar-refractivity contribution < 1.29 is 14.7 Å². The molecule has 0 saturated carbocycles. The number of aromatic nitrogens is 2. The summed E-state index contributed by atoms with van der Waals surface area (Å²) in [6.07, 6.45) is 0.541. The molecule has 0 aliphatic heterocycles. The highest BCUT2D eigenvalue weighted by atomic mass is 35.5. The van der Waals surface area contributed by atoms with Crippen LogP contribution in [0.1, 0.15) is 32.8 Å². The predicted octanol–water partition coefficient (Wildman–Crippen LogP) is 3.09. The van der Waals surface area contributed by atoms with E-state index >= 15 is 0 Å². The molecule has 0 spiro atoms. The van der Waals surface area contributed by atoms with Crippen molar-refractivity contribution in [2.45, 2.75) is 13.3 Å². The molecule has 0 atom stereocenters. The topological polar surface area (TPSA) is 96.3 Å². The van der Waals surface area contributed by atoms with Crippen LogP contribution in [0.15, 0.2) is 54.6 Å². The van der Waals surface area contributed by atoms with Crippen LogP contribution in [0, 0.1) is 6.92 Å². The fourth-order valence-corrected chi connectivity index (χ4v) is 3.19. The van der Waals surface area contributed by atoms with Crippen LogP contribution >= 0.6 is 11.6 Å². The number of para-hydroxylation sites is 1. The number of halogens is 1. The van der Waals surface area contributed by atoms with Gasteiger partial charge in [-0.15, -0.1) is 0 Å². The number of aryl methyl sites for hydroxylation is 1. The Bertz CT molecular complexity index is 1020. The van der Waals surface area contributed by atoms with Gasteiger partial charge in [-0.25, -0.2) is 4.68 Å². The molecule has 150 valence electrons. The lowest BCUT2D eigenvalue weighted by Crippen LogP contribution is -2.30. The Balaban J connectivity index is 1.51. The molecule has 8 heteroatoms. The van der Waals surface area contributed by atoms with E-state index in [-0.39, 0.29) is 22.7 Å². The van der Waals surface area contributed by atoms with Crippen LogP contribution in [0.2, 0.25) is 5.15 Å². The third kappa shape index (κ3) is 4.94.